The van der Waals surface area contributed by atoms with Gasteiger partial charge in [0.2, 0.25) is 0 Å². The van der Waals surface area contributed by atoms with E-state index in [-0.39, 0.29) is 0 Å². The maximum absolute atomic E-state index is 6.20. The highest BCUT2D eigenvalue weighted by atomic mass is 16.5. The van der Waals surface area contributed by atoms with Crippen LogP contribution in [-0.2, 0) is 5.54 Å². The van der Waals surface area contributed by atoms with E-state index in [0.29, 0.717) is 12.1 Å². The monoisotopic (exact) mass is 559 g/mol. The van der Waals surface area contributed by atoms with Gasteiger partial charge in [-0.15, -0.1) is 0 Å². The van der Waals surface area contributed by atoms with Crippen LogP contribution in [0.4, 0.5) is 5.69 Å². The molecule has 0 bridgehead atoms. The van der Waals surface area contributed by atoms with Crippen molar-refractivity contribution >= 4 is 5.69 Å². The summed E-state index contributed by atoms with van der Waals surface area (Å²) in [6.07, 6.45) is 7.29. The van der Waals surface area contributed by atoms with E-state index in [1.165, 1.54) is 61.2 Å². The summed E-state index contributed by atoms with van der Waals surface area (Å²) in [5.41, 5.74) is 4.63. The Bertz CT molecular complexity index is 1270. The van der Waals surface area contributed by atoms with Gasteiger partial charge in [-0.3, -0.25) is 10.2 Å². The van der Waals surface area contributed by atoms with Crippen molar-refractivity contribution in [2.45, 2.75) is 56.1 Å². The summed E-state index contributed by atoms with van der Waals surface area (Å²) in [7, 11) is 2.26. The average molecular weight is 560 g/mol. The van der Waals surface area contributed by atoms with Crippen LogP contribution in [0.5, 0.6) is 5.75 Å². The Balaban J connectivity index is 1.22. The van der Waals surface area contributed by atoms with Gasteiger partial charge >= 0.3 is 0 Å². The highest BCUT2D eigenvalue weighted by molar-refractivity contribution is 5.52. The molecule has 2 fully saturated rings. The van der Waals surface area contributed by atoms with Crippen molar-refractivity contribution in [3.8, 4) is 5.75 Å². The van der Waals surface area contributed by atoms with Gasteiger partial charge in [-0.05, 0) is 80.4 Å². The lowest BCUT2D eigenvalue weighted by molar-refractivity contribution is 0.237. The fourth-order valence-corrected chi connectivity index (χ4v) is 7.07. The summed E-state index contributed by atoms with van der Waals surface area (Å²) in [5.74, 6) is 0.972. The maximum Gasteiger partial charge on any atom is 0.121 e. The van der Waals surface area contributed by atoms with E-state index in [1.54, 1.807) is 0 Å². The molecule has 4 aromatic rings. The van der Waals surface area contributed by atoms with Gasteiger partial charge in [0, 0.05) is 37.4 Å². The summed E-state index contributed by atoms with van der Waals surface area (Å²) < 4.78 is 6.20. The zero-order chi connectivity index (χ0) is 28.6. The van der Waals surface area contributed by atoms with Gasteiger partial charge in [0.1, 0.15) is 12.4 Å². The lowest BCUT2D eigenvalue weighted by atomic mass is 9.75. The number of hydrogen-bond acceptors (Lipinski definition) is 4. The van der Waals surface area contributed by atoms with Gasteiger partial charge in [0.15, 0.2) is 0 Å². The lowest BCUT2D eigenvalue weighted by Crippen LogP contribution is -2.53. The average Bonchev–Trinajstić information content (AvgIpc) is 3.58. The Morgan fingerprint density at radius 1 is 0.738 bits per heavy atom. The molecule has 0 aromatic heterocycles. The quantitative estimate of drug-likeness (QED) is 0.193. The molecule has 1 saturated heterocycles. The van der Waals surface area contributed by atoms with E-state index in [2.05, 4.69) is 137 Å². The predicted octanol–water partition coefficient (Wildman–Crippen LogP) is 7.49. The van der Waals surface area contributed by atoms with Crippen molar-refractivity contribution in [3.05, 3.63) is 132 Å². The molecule has 2 atom stereocenters. The van der Waals surface area contributed by atoms with E-state index < -0.39 is 5.54 Å². The number of nitrogens with one attached hydrogen (secondary N) is 1. The molecule has 1 saturated carbocycles. The molecule has 1 aliphatic carbocycles. The van der Waals surface area contributed by atoms with Crippen molar-refractivity contribution in [2.75, 3.05) is 38.2 Å². The van der Waals surface area contributed by atoms with Crippen LogP contribution in [0.1, 0.15) is 55.2 Å². The number of likely N-dealkylation sites (tertiary alicyclic amines) is 1. The first kappa shape index (κ1) is 28.5. The number of anilines is 1. The number of rotatable bonds is 11. The first-order valence-corrected chi connectivity index (χ1v) is 15.8. The first-order valence-electron chi connectivity index (χ1n) is 15.8. The van der Waals surface area contributed by atoms with E-state index in [9.17, 15) is 0 Å². The number of nitrogens with zero attached hydrogens (tertiary/aromatic N) is 2. The minimum atomic E-state index is -0.433. The molecule has 1 N–H and O–H groups in total. The highest BCUT2D eigenvalue weighted by Crippen LogP contribution is 2.39. The molecular weight excluding hydrogens is 514 g/mol. The molecule has 1 aliphatic heterocycles. The molecular formula is C38H45N3O. The lowest BCUT2D eigenvalue weighted by Gasteiger charge is -2.44. The molecule has 2 aliphatic rings. The first-order chi connectivity index (χ1) is 20.7. The molecule has 0 spiro atoms. The third-order valence-electron chi connectivity index (χ3n) is 9.34. The van der Waals surface area contributed by atoms with Crippen molar-refractivity contribution in [2.24, 2.45) is 0 Å². The third-order valence-corrected chi connectivity index (χ3v) is 9.34. The maximum atomic E-state index is 6.20. The van der Waals surface area contributed by atoms with Crippen molar-refractivity contribution < 1.29 is 4.74 Å². The van der Waals surface area contributed by atoms with Crippen LogP contribution in [0.15, 0.2) is 115 Å². The van der Waals surface area contributed by atoms with Crippen molar-refractivity contribution in [3.63, 3.8) is 0 Å². The van der Waals surface area contributed by atoms with E-state index in [4.69, 9.17) is 4.74 Å². The van der Waals surface area contributed by atoms with Crippen molar-refractivity contribution in [1.29, 1.82) is 0 Å². The van der Waals surface area contributed by atoms with Crippen LogP contribution in [-0.4, -0.2) is 50.3 Å². The second-order valence-electron chi connectivity index (χ2n) is 12.0. The molecule has 4 aromatic carbocycles. The molecule has 0 unspecified atom stereocenters. The molecule has 42 heavy (non-hydrogen) atoms. The van der Waals surface area contributed by atoms with Gasteiger partial charge in [-0.25, -0.2) is 0 Å². The Hall–Kier alpha value is -3.60. The SMILES string of the molecule is CN(c1cccc(OCCN2CCCC2)c1)[C@@H]1CCC[C@H](NC(c2ccccc2)(c2ccccc2)c2ccccc2)C1. The standard InChI is InChI=1S/C38H45N3O/c1-40(36-23-14-24-37(30-36)42-28-27-41-25-11-12-26-41)35-22-13-21-34(29-35)39-38(31-15-5-2-6-16-31,32-17-7-3-8-18-32)33-19-9-4-10-20-33/h2-10,14-20,23-24,30,34-35,39H,11-13,21-22,25-29H2,1H3/t34-,35+/m0/s1. The summed E-state index contributed by atoms with van der Waals surface area (Å²) >= 11 is 0. The summed E-state index contributed by atoms with van der Waals surface area (Å²) in [6, 6.07) is 42.5. The summed E-state index contributed by atoms with van der Waals surface area (Å²) in [4.78, 5) is 4.99. The smallest absolute Gasteiger partial charge is 0.121 e. The molecule has 0 radical (unpaired) electrons. The Morgan fingerprint density at radius 3 is 1.93 bits per heavy atom. The highest BCUT2D eigenvalue weighted by Gasteiger charge is 2.39. The number of benzene rings is 4. The second kappa shape index (κ2) is 13.6. The van der Waals surface area contributed by atoms with Crippen LogP contribution in [0.2, 0.25) is 0 Å². The zero-order valence-corrected chi connectivity index (χ0v) is 25.0. The molecule has 1 heterocycles. The predicted molar refractivity (Wildman–Crippen MR) is 174 cm³/mol. The number of hydrogen-bond donors (Lipinski definition) is 1. The zero-order valence-electron chi connectivity index (χ0n) is 25.0. The minimum absolute atomic E-state index is 0.367. The fourth-order valence-electron chi connectivity index (χ4n) is 7.07. The Labute approximate surface area is 252 Å². The van der Waals surface area contributed by atoms with Crippen LogP contribution in [0, 0.1) is 0 Å². The Kier molecular flexibility index (Phi) is 9.22. The minimum Gasteiger partial charge on any atom is -0.492 e. The largest absolute Gasteiger partial charge is 0.492 e. The van der Waals surface area contributed by atoms with Crippen LogP contribution >= 0.6 is 0 Å². The molecule has 4 heteroatoms. The van der Waals surface area contributed by atoms with Crippen LogP contribution in [0.3, 0.4) is 0 Å². The van der Waals surface area contributed by atoms with E-state index in [0.717, 1.165) is 31.7 Å². The van der Waals surface area contributed by atoms with Crippen LogP contribution in [0.25, 0.3) is 0 Å². The molecule has 4 nitrogen and oxygen atoms in total. The second-order valence-corrected chi connectivity index (χ2v) is 12.0. The van der Waals surface area contributed by atoms with Crippen molar-refractivity contribution in [1.82, 2.24) is 10.2 Å². The Morgan fingerprint density at radius 2 is 1.33 bits per heavy atom. The molecule has 6 rings (SSSR count). The summed E-state index contributed by atoms with van der Waals surface area (Å²) in [5, 5.41) is 4.26. The van der Waals surface area contributed by atoms with Gasteiger partial charge in [0.05, 0.1) is 5.54 Å². The van der Waals surface area contributed by atoms with Gasteiger partial charge < -0.3 is 9.64 Å². The van der Waals surface area contributed by atoms with E-state index in [1.807, 2.05) is 0 Å². The normalized spacial score (nSPS) is 19.5. The van der Waals surface area contributed by atoms with Crippen LogP contribution < -0.4 is 15.0 Å². The van der Waals surface area contributed by atoms with Gasteiger partial charge in [0.25, 0.3) is 0 Å². The molecule has 0 amide bonds. The fraction of sp³-hybridized carbons (Fsp3) is 0.368. The topological polar surface area (TPSA) is 27.7 Å². The van der Waals surface area contributed by atoms with Gasteiger partial charge in [-0.1, -0.05) is 97.1 Å². The van der Waals surface area contributed by atoms with E-state index >= 15 is 0 Å². The number of ether oxygens (including phenoxy) is 1. The summed E-state index contributed by atoms with van der Waals surface area (Å²) in [6.45, 7) is 4.19. The van der Waals surface area contributed by atoms with Gasteiger partial charge in [-0.2, -0.15) is 0 Å². The molecule has 218 valence electrons. The third kappa shape index (κ3) is 6.40.